The summed E-state index contributed by atoms with van der Waals surface area (Å²) < 4.78 is 0. The first-order valence-corrected chi connectivity index (χ1v) is 6.05. The van der Waals surface area contributed by atoms with Gasteiger partial charge in [-0.05, 0) is 44.0 Å². The van der Waals surface area contributed by atoms with Gasteiger partial charge < -0.3 is 4.90 Å². The van der Waals surface area contributed by atoms with Crippen LogP contribution in [0.4, 0.5) is 0 Å². The Hall–Kier alpha value is -1.15. The predicted molar refractivity (Wildman–Crippen MR) is 68.4 cm³/mol. The maximum absolute atomic E-state index is 4.75. The van der Waals surface area contributed by atoms with Crippen molar-refractivity contribution >= 4 is 5.57 Å². The second kappa shape index (κ2) is 4.79. The topological polar surface area (TPSA) is 16.1 Å². The van der Waals surface area contributed by atoms with E-state index in [0.717, 1.165) is 31.6 Å². The van der Waals surface area contributed by atoms with Crippen LogP contribution in [0.15, 0.2) is 18.2 Å². The lowest BCUT2D eigenvalue weighted by Gasteiger charge is -2.23. The monoisotopic (exact) mass is 216 g/mol. The first-order valence-electron chi connectivity index (χ1n) is 6.05. The first-order chi connectivity index (χ1) is 7.70. The Bertz CT molecular complexity index is 407. The molecule has 1 aliphatic rings. The molecule has 0 aliphatic carbocycles. The second-order valence-corrected chi connectivity index (χ2v) is 4.57. The molecule has 1 aliphatic heterocycles. The van der Waals surface area contributed by atoms with Crippen molar-refractivity contribution < 1.29 is 0 Å². The van der Waals surface area contributed by atoms with Gasteiger partial charge in [0, 0.05) is 18.8 Å². The summed E-state index contributed by atoms with van der Waals surface area (Å²) >= 11 is 0. The zero-order chi connectivity index (χ0) is 11.5. The normalized spacial score (nSPS) is 17.3. The van der Waals surface area contributed by atoms with Crippen molar-refractivity contribution in [1.29, 1.82) is 0 Å². The number of nitrogens with zero attached hydrogens (tertiary/aromatic N) is 2. The number of rotatable bonds is 2. The Morgan fingerprint density at radius 3 is 2.88 bits per heavy atom. The van der Waals surface area contributed by atoms with E-state index < -0.39 is 0 Å². The lowest BCUT2D eigenvalue weighted by Crippen LogP contribution is -2.25. The Labute approximate surface area is 98.0 Å². The molecule has 86 valence electrons. The third-order valence-corrected chi connectivity index (χ3v) is 3.21. The average molecular weight is 216 g/mol. The van der Waals surface area contributed by atoms with E-state index in [1.807, 2.05) is 0 Å². The number of aromatic nitrogens is 1. The molecular formula is C14H20N2. The summed E-state index contributed by atoms with van der Waals surface area (Å²) in [4.78, 5) is 7.10. The number of hydrogen-bond donors (Lipinski definition) is 0. The number of likely N-dealkylation sites (N-methyl/N-ethyl adjacent to an activating group) is 1. The highest BCUT2D eigenvalue weighted by molar-refractivity contribution is 5.65. The fraction of sp³-hybridized carbons (Fsp3) is 0.500. The van der Waals surface area contributed by atoms with Crippen LogP contribution in [-0.4, -0.2) is 30.0 Å². The van der Waals surface area contributed by atoms with Crippen molar-refractivity contribution in [2.75, 3.05) is 20.1 Å². The van der Waals surface area contributed by atoms with Crippen LogP contribution in [-0.2, 0) is 6.42 Å². The molecule has 0 bridgehead atoms. The molecule has 0 amide bonds. The minimum Gasteiger partial charge on any atom is -0.302 e. The molecule has 0 N–H and O–H groups in total. The Morgan fingerprint density at radius 1 is 1.38 bits per heavy atom. The Kier molecular flexibility index (Phi) is 3.39. The fourth-order valence-corrected chi connectivity index (χ4v) is 2.19. The maximum atomic E-state index is 4.75. The summed E-state index contributed by atoms with van der Waals surface area (Å²) in [5.41, 5.74) is 5.07. The smallest absolute Gasteiger partial charge is 0.0675 e. The highest BCUT2D eigenvalue weighted by Gasteiger charge is 2.12. The highest BCUT2D eigenvalue weighted by Crippen LogP contribution is 2.19. The molecule has 1 aromatic heterocycles. The Morgan fingerprint density at radius 2 is 2.19 bits per heavy atom. The van der Waals surface area contributed by atoms with Crippen molar-refractivity contribution in [3.63, 3.8) is 0 Å². The average Bonchev–Trinajstić information content (AvgIpc) is 2.29. The molecule has 2 rings (SSSR count). The quantitative estimate of drug-likeness (QED) is 0.755. The summed E-state index contributed by atoms with van der Waals surface area (Å²) in [5.74, 6) is 0. The van der Waals surface area contributed by atoms with E-state index in [9.17, 15) is 0 Å². The van der Waals surface area contributed by atoms with Gasteiger partial charge in [0.2, 0.25) is 0 Å². The summed E-state index contributed by atoms with van der Waals surface area (Å²) in [5, 5.41) is 0. The molecule has 0 saturated heterocycles. The van der Waals surface area contributed by atoms with E-state index in [0.29, 0.717) is 0 Å². The summed E-state index contributed by atoms with van der Waals surface area (Å²) in [6, 6.07) is 4.34. The number of aryl methyl sites for hydroxylation is 2. The van der Waals surface area contributed by atoms with Crippen molar-refractivity contribution in [3.8, 4) is 0 Å². The van der Waals surface area contributed by atoms with Gasteiger partial charge in [-0.2, -0.15) is 0 Å². The van der Waals surface area contributed by atoms with E-state index in [4.69, 9.17) is 4.98 Å². The minimum atomic E-state index is 1.02. The summed E-state index contributed by atoms with van der Waals surface area (Å²) in [6.45, 7) is 6.49. The third-order valence-electron chi connectivity index (χ3n) is 3.21. The summed E-state index contributed by atoms with van der Waals surface area (Å²) in [7, 11) is 2.17. The van der Waals surface area contributed by atoms with Crippen LogP contribution in [0.25, 0.3) is 5.57 Å². The van der Waals surface area contributed by atoms with E-state index in [1.54, 1.807) is 0 Å². The SMILES string of the molecule is CCc1nc(C2=CCCN(C)C2)ccc1C. The van der Waals surface area contributed by atoms with Gasteiger partial charge in [0.15, 0.2) is 0 Å². The molecule has 0 spiro atoms. The summed E-state index contributed by atoms with van der Waals surface area (Å²) in [6.07, 6.45) is 4.49. The fourth-order valence-electron chi connectivity index (χ4n) is 2.19. The van der Waals surface area contributed by atoms with Gasteiger partial charge in [-0.1, -0.05) is 19.1 Å². The van der Waals surface area contributed by atoms with Crippen LogP contribution in [0.3, 0.4) is 0 Å². The van der Waals surface area contributed by atoms with Crippen molar-refractivity contribution in [2.24, 2.45) is 0 Å². The molecule has 1 aromatic rings. The first kappa shape index (κ1) is 11.3. The standard InChI is InChI=1S/C14H20N2/c1-4-13-11(2)7-8-14(15-13)12-6-5-9-16(3)10-12/h6-8H,4-5,9-10H2,1-3H3. The van der Waals surface area contributed by atoms with Gasteiger partial charge >= 0.3 is 0 Å². The lowest BCUT2D eigenvalue weighted by molar-refractivity contribution is 0.372. The predicted octanol–water partition coefficient (Wildman–Crippen LogP) is 2.67. The van der Waals surface area contributed by atoms with Crippen molar-refractivity contribution in [2.45, 2.75) is 26.7 Å². The van der Waals surface area contributed by atoms with Crippen molar-refractivity contribution in [1.82, 2.24) is 9.88 Å². The maximum Gasteiger partial charge on any atom is 0.0675 e. The van der Waals surface area contributed by atoms with Gasteiger partial charge in [-0.3, -0.25) is 4.98 Å². The van der Waals surface area contributed by atoms with E-state index in [1.165, 1.54) is 16.8 Å². The van der Waals surface area contributed by atoms with Crippen LogP contribution < -0.4 is 0 Å². The second-order valence-electron chi connectivity index (χ2n) is 4.57. The van der Waals surface area contributed by atoms with E-state index >= 15 is 0 Å². The minimum absolute atomic E-state index is 1.02. The Balaban J connectivity index is 2.30. The van der Waals surface area contributed by atoms with Gasteiger partial charge in [0.25, 0.3) is 0 Å². The van der Waals surface area contributed by atoms with Crippen LogP contribution in [0.5, 0.6) is 0 Å². The van der Waals surface area contributed by atoms with E-state index in [2.05, 4.69) is 44.0 Å². The number of pyridine rings is 1. The van der Waals surface area contributed by atoms with Crippen LogP contribution in [0.1, 0.15) is 30.3 Å². The molecule has 2 heteroatoms. The molecule has 0 fully saturated rings. The third kappa shape index (κ3) is 2.33. The van der Waals surface area contributed by atoms with Gasteiger partial charge in [-0.25, -0.2) is 0 Å². The van der Waals surface area contributed by atoms with Gasteiger partial charge in [0.1, 0.15) is 0 Å². The van der Waals surface area contributed by atoms with Crippen LogP contribution in [0, 0.1) is 6.92 Å². The van der Waals surface area contributed by atoms with Crippen LogP contribution in [0.2, 0.25) is 0 Å². The largest absolute Gasteiger partial charge is 0.302 e. The molecular weight excluding hydrogens is 196 g/mol. The van der Waals surface area contributed by atoms with E-state index in [-0.39, 0.29) is 0 Å². The molecule has 0 radical (unpaired) electrons. The molecule has 0 atom stereocenters. The molecule has 16 heavy (non-hydrogen) atoms. The van der Waals surface area contributed by atoms with Crippen LogP contribution >= 0.6 is 0 Å². The molecule has 0 saturated carbocycles. The highest BCUT2D eigenvalue weighted by atomic mass is 15.1. The molecule has 0 unspecified atom stereocenters. The van der Waals surface area contributed by atoms with Gasteiger partial charge in [0.05, 0.1) is 5.69 Å². The lowest BCUT2D eigenvalue weighted by atomic mass is 10.0. The molecule has 2 nitrogen and oxygen atoms in total. The van der Waals surface area contributed by atoms with Crippen molar-refractivity contribution in [3.05, 3.63) is 35.2 Å². The molecule has 0 aromatic carbocycles. The zero-order valence-electron chi connectivity index (χ0n) is 10.5. The number of hydrogen-bond acceptors (Lipinski definition) is 2. The zero-order valence-corrected chi connectivity index (χ0v) is 10.5. The van der Waals surface area contributed by atoms with Gasteiger partial charge in [-0.15, -0.1) is 0 Å². The molecule has 2 heterocycles.